The lowest BCUT2D eigenvalue weighted by atomic mass is 9.79. The number of nitrogens with zero attached hydrogens (tertiary/aromatic N) is 1. The Hall–Kier alpha value is -1.80. The molecule has 0 aliphatic carbocycles. The predicted molar refractivity (Wildman–Crippen MR) is 90.8 cm³/mol. The fourth-order valence-corrected chi connectivity index (χ4v) is 3.46. The Morgan fingerprint density at radius 2 is 1.64 bits per heavy atom. The van der Waals surface area contributed by atoms with Crippen molar-refractivity contribution in [3.05, 3.63) is 65.7 Å². The molecule has 0 N–H and O–H groups in total. The molecule has 0 saturated carbocycles. The number of ether oxygens (including phenoxy) is 1. The second-order valence-corrected chi connectivity index (χ2v) is 7.18. The maximum atomic E-state index is 6.03. The van der Waals surface area contributed by atoms with Crippen LogP contribution in [-0.4, -0.2) is 11.6 Å². The Bertz CT molecular complexity index is 630. The molecule has 1 aliphatic rings. The van der Waals surface area contributed by atoms with Gasteiger partial charge in [0.1, 0.15) is 12.5 Å². The molecule has 0 bridgehead atoms. The van der Waals surface area contributed by atoms with E-state index in [1.807, 2.05) is 0 Å². The van der Waals surface area contributed by atoms with E-state index >= 15 is 0 Å². The summed E-state index contributed by atoms with van der Waals surface area (Å²) in [6, 6.07) is 19.8. The molecule has 0 amide bonds. The number of fused-ring (bicyclic) bond motifs is 1. The Morgan fingerprint density at radius 1 is 1.00 bits per heavy atom. The highest BCUT2D eigenvalue weighted by atomic mass is 16.5. The highest BCUT2D eigenvalue weighted by Gasteiger charge is 2.39. The van der Waals surface area contributed by atoms with Gasteiger partial charge in [-0.05, 0) is 24.0 Å². The van der Waals surface area contributed by atoms with E-state index < -0.39 is 0 Å². The van der Waals surface area contributed by atoms with Gasteiger partial charge in [-0.3, -0.25) is 4.90 Å². The third-order valence-electron chi connectivity index (χ3n) is 4.51. The van der Waals surface area contributed by atoms with Gasteiger partial charge in [0.15, 0.2) is 0 Å². The summed E-state index contributed by atoms with van der Waals surface area (Å²) in [7, 11) is 0. The van der Waals surface area contributed by atoms with Crippen molar-refractivity contribution < 1.29 is 4.74 Å². The van der Waals surface area contributed by atoms with Crippen molar-refractivity contribution in [1.82, 2.24) is 4.90 Å². The second kappa shape index (κ2) is 5.77. The Kier molecular flexibility index (Phi) is 3.96. The van der Waals surface area contributed by atoms with Gasteiger partial charge in [-0.15, -0.1) is 0 Å². The largest absolute Gasteiger partial charge is 0.478 e. The van der Waals surface area contributed by atoms with Gasteiger partial charge in [-0.25, -0.2) is 0 Å². The summed E-state index contributed by atoms with van der Waals surface area (Å²) < 4.78 is 6.03. The van der Waals surface area contributed by atoms with Crippen LogP contribution in [0.2, 0.25) is 0 Å². The molecule has 22 heavy (non-hydrogen) atoms. The van der Waals surface area contributed by atoms with Crippen LogP contribution in [-0.2, 0) is 0 Å². The minimum atomic E-state index is 0.142. The van der Waals surface area contributed by atoms with Crippen molar-refractivity contribution in [1.29, 1.82) is 0 Å². The van der Waals surface area contributed by atoms with Crippen molar-refractivity contribution in [2.75, 3.05) is 6.73 Å². The quantitative estimate of drug-likeness (QED) is 0.756. The van der Waals surface area contributed by atoms with E-state index in [0.717, 1.165) is 5.75 Å². The highest BCUT2D eigenvalue weighted by Crippen LogP contribution is 2.47. The molecule has 0 aromatic heterocycles. The van der Waals surface area contributed by atoms with Gasteiger partial charge < -0.3 is 4.74 Å². The smallest absolute Gasteiger partial charge is 0.143 e. The zero-order chi connectivity index (χ0) is 15.7. The number of rotatable bonds is 2. The van der Waals surface area contributed by atoms with Crippen LogP contribution in [0, 0.1) is 5.41 Å². The van der Waals surface area contributed by atoms with Crippen LogP contribution >= 0.6 is 0 Å². The Balaban J connectivity index is 2.01. The maximum Gasteiger partial charge on any atom is 0.143 e. The predicted octanol–water partition coefficient (Wildman–Crippen LogP) is 5.19. The monoisotopic (exact) mass is 295 g/mol. The third-order valence-corrected chi connectivity index (χ3v) is 4.51. The van der Waals surface area contributed by atoms with Gasteiger partial charge in [0.05, 0.1) is 0 Å². The first-order chi connectivity index (χ1) is 10.5. The molecule has 2 nitrogen and oxygen atoms in total. The van der Waals surface area contributed by atoms with E-state index in [2.05, 4.69) is 87.2 Å². The van der Waals surface area contributed by atoms with Crippen molar-refractivity contribution in [2.45, 2.75) is 39.8 Å². The molecular formula is C20H25NO. The first-order valence-electron chi connectivity index (χ1n) is 8.01. The number of hydrogen-bond donors (Lipinski definition) is 0. The SMILES string of the molecule is C[C@H](c1ccccc1)N1COc2ccccc2[C@@H]1C(C)(C)C. The van der Waals surface area contributed by atoms with Gasteiger partial charge in [-0.1, -0.05) is 69.3 Å². The lowest BCUT2D eigenvalue weighted by Crippen LogP contribution is -2.43. The van der Waals surface area contributed by atoms with Gasteiger partial charge in [0, 0.05) is 17.6 Å². The summed E-state index contributed by atoms with van der Waals surface area (Å²) in [6.45, 7) is 9.83. The molecule has 0 radical (unpaired) electrons. The van der Waals surface area contributed by atoms with Gasteiger partial charge in [0.25, 0.3) is 0 Å². The van der Waals surface area contributed by atoms with Crippen LogP contribution in [0.25, 0.3) is 0 Å². The van der Waals surface area contributed by atoms with E-state index in [4.69, 9.17) is 4.74 Å². The average molecular weight is 295 g/mol. The fraction of sp³-hybridized carbons (Fsp3) is 0.400. The lowest BCUT2D eigenvalue weighted by Gasteiger charge is -2.46. The molecule has 0 unspecified atom stereocenters. The minimum absolute atomic E-state index is 0.142. The molecule has 1 aliphatic heterocycles. The van der Waals surface area contributed by atoms with E-state index in [0.29, 0.717) is 18.8 Å². The molecule has 2 atom stereocenters. The first kappa shape index (κ1) is 15.1. The van der Waals surface area contributed by atoms with Crippen molar-refractivity contribution in [3.63, 3.8) is 0 Å². The topological polar surface area (TPSA) is 12.5 Å². The summed E-state index contributed by atoms with van der Waals surface area (Å²) in [5, 5.41) is 0. The van der Waals surface area contributed by atoms with E-state index in [1.165, 1.54) is 11.1 Å². The molecule has 1 heterocycles. The highest BCUT2D eigenvalue weighted by molar-refractivity contribution is 5.38. The molecule has 2 aromatic rings. The summed E-state index contributed by atoms with van der Waals surface area (Å²) in [5.74, 6) is 1.03. The van der Waals surface area contributed by atoms with Crippen molar-refractivity contribution >= 4 is 0 Å². The number of hydrogen-bond acceptors (Lipinski definition) is 2. The molecule has 2 heteroatoms. The maximum absolute atomic E-state index is 6.03. The van der Waals surface area contributed by atoms with Crippen molar-refractivity contribution in [3.8, 4) is 5.75 Å². The van der Waals surface area contributed by atoms with Crippen LogP contribution < -0.4 is 4.74 Å². The Morgan fingerprint density at radius 3 is 2.32 bits per heavy atom. The van der Waals surface area contributed by atoms with Gasteiger partial charge in [-0.2, -0.15) is 0 Å². The molecular weight excluding hydrogens is 270 g/mol. The standard InChI is InChI=1S/C20H25NO/c1-15(16-10-6-5-7-11-16)21-14-22-18-13-9-8-12-17(18)19(21)20(2,3)4/h5-13,15,19H,14H2,1-4H3/t15-,19-/m1/s1. The van der Waals surface area contributed by atoms with Crippen LogP contribution in [0.4, 0.5) is 0 Å². The van der Waals surface area contributed by atoms with Gasteiger partial charge >= 0.3 is 0 Å². The normalized spacial score (nSPS) is 20.1. The molecule has 0 spiro atoms. The second-order valence-electron chi connectivity index (χ2n) is 7.18. The van der Waals surface area contributed by atoms with Crippen LogP contribution in [0.1, 0.15) is 50.9 Å². The summed E-state index contributed by atoms with van der Waals surface area (Å²) in [4.78, 5) is 2.47. The molecule has 2 aromatic carbocycles. The average Bonchev–Trinajstić information content (AvgIpc) is 2.53. The summed E-state index contributed by atoms with van der Waals surface area (Å²) >= 11 is 0. The van der Waals surface area contributed by atoms with Gasteiger partial charge in [0.2, 0.25) is 0 Å². The summed E-state index contributed by atoms with van der Waals surface area (Å²) in [6.07, 6.45) is 0. The molecule has 3 rings (SSSR count). The third kappa shape index (κ3) is 2.76. The summed E-state index contributed by atoms with van der Waals surface area (Å²) in [5.41, 5.74) is 2.77. The number of para-hydroxylation sites is 1. The van der Waals surface area contributed by atoms with Crippen LogP contribution in [0.5, 0.6) is 5.75 Å². The van der Waals surface area contributed by atoms with Crippen LogP contribution in [0.15, 0.2) is 54.6 Å². The zero-order valence-corrected chi connectivity index (χ0v) is 13.9. The van der Waals surface area contributed by atoms with E-state index in [9.17, 15) is 0 Å². The Labute approximate surface area is 133 Å². The van der Waals surface area contributed by atoms with E-state index in [-0.39, 0.29) is 5.41 Å². The zero-order valence-electron chi connectivity index (χ0n) is 13.9. The molecule has 0 fully saturated rings. The van der Waals surface area contributed by atoms with Crippen molar-refractivity contribution in [2.24, 2.45) is 5.41 Å². The minimum Gasteiger partial charge on any atom is -0.478 e. The first-order valence-corrected chi connectivity index (χ1v) is 8.01. The van der Waals surface area contributed by atoms with E-state index in [1.54, 1.807) is 0 Å². The van der Waals surface area contributed by atoms with Crippen LogP contribution in [0.3, 0.4) is 0 Å². The number of benzene rings is 2. The lowest BCUT2D eigenvalue weighted by molar-refractivity contribution is -0.0208. The fourth-order valence-electron chi connectivity index (χ4n) is 3.46. The molecule has 0 saturated heterocycles. The molecule has 116 valence electrons.